The lowest BCUT2D eigenvalue weighted by Gasteiger charge is -2.65. The standard InChI is InChI=1S/C23H27NO3/c1-21-8-15-9-22(2,12-21)14-23(10-15,13-21)11-19(25)24-18-5-3-4-17-16(18)6-7-27-20(17)26/h3-7,15H,8-14H2,1-2H3,(H,24,25). The van der Waals surface area contributed by atoms with Gasteiger partial charge in [-0.25, -0.2) is 4.79 Å². The van der Waals surface area contributed by atoms with Gasteiger partial charge in [0.2, 0.25) is 5.91 Å². The van der Waals surface area contributed by atoms with E-state index in [2.05, 4.69) is 19.2 Å². The summed E-state index contributed by atoms with van der Waals surface area (Å²) < 4.78 is 4.95. The molecule has 1 heterocycles. The van der Waals surface area contributed by atoms with Gasteiger partial charge in [0, 0.05) is 17.5 Å². The quantitative estimate of drug-likeness (QED) is 0.821. The van der Waals surface area contributed by atoms with Crippen LogP contribution in [0.1, 0.15) is 58.8 Å². The summed E-state index contributed by atoms with van der Waals surface area (Å²) in [4.78, 5) is 24.9. The van der Waals surface area contributed by atoms with Gasteiger partial charge in [0.05, 0.1) is 11.6 Å². The van der Waals surface area contributed by atoms with E-state index in [1.165, 1.54) is 44.8 Å². The maximum atomic E-state index is 13.0. The number of anilines is 1. The highest BCUT2D eigenvalue weighted by Crippen LogP contribution is 2.70. The lowest BCUT2D eigenvalue weighted by Crippen LogP contribution is -2.55. The van der Waals surface area contributed by atoms with Crippen LogP contribution < -0.4 is 10.9 Å². The summed E-state index contributed by atoms with van der Waals surface area (Å²) in [5.74, 6) is 0.858. The Hall–Kier alpha value is -2.10. The van der Waals surface area contributed by atoms with Gasteiger partial charge in [-0.05, 0) is 78.9 Å². The van der Waals surface area contributed by atoms with Gasteiger partial charge in [0.25, 0.3) is 0 Å². The second-order valence-corrected chi connectivity index (χ2v) is 10.3. The highest BCUT2D eigenvalue weighted by molar-refractivity contribution is 6.01. The fourth-order valence-electron chi connectivity index (χ4n) is 7.68. The zero-order chi connectivity index (χ0) is 18.9. The molecular weight excluding hydrogens is 338 g/mol. The van der Waals surface area contributed by atoms with Crippen molar-refractivity contribution in [1.29, 1.82) is 0 Å². The van der Waals surface area contributed by atoms with Crippen LogP contribution in [0.15, 0.2) is 39.7 Å². The molecule has 0 spiro atoms. The second kappa shape index (κ2) is 5.46. The van der Waals surface area contributed by atoms with Gasteiger partial charge in [0.1, 0.15) is 0 Å². The zero-order valence-corrected chi connectivity index (χ0v) is 16.1. The molecule has 4 bridgehead atoms. The Bertz CT molecular complexity index is 973. The Morgan fingerprint density at radius 3 is 2.52 bits per heavy atom. The van der Waals surface area contributed by atoms with Gasteiger partial charge in [-0.1, -0.05) is 19.9 Å². The number of hydrogen-bond acceptors (Lipinski definition) is 3. The minimum Gasteiger partial charge on any atom is -0.431 e. The van der Waals surface area contributed by atoms with Gasteiger partial charge in [-0.3, -0.25) is 4.79 Å². The molecule has 2 unspecified atom stereocenters. The maximum absolute atomic E-state index is 13.0. The van der Waals surface area contributed by atoms with Crippen LogP contribution in [0.25, 0.3) is 10.8 Å². The number of carbonyl (C=O) groups excluding carboxylic acids is 1. The van der Waals surface area contributed by atoms with Crippen molar-refractivity contribution in [3.8, 4) is 0 Å². The Labute approximate surface area is 159 Å². The average Bonchev–Trinajstić information content (AvgIpc) is 2.51. The summed E-state index contributed by atoms with van der Waals surface area (Å²) >= 11 is 0. The number of rotatable bonds is 3. The van der Waals surface area contributed by atoms with Crippen molar-refractivity contribution in [2.45, 2.75) is 58.8 Å². The Kier molecular flexibility index (Phi) is 3.45. The number of carbonyl (C=O) groups is 1. The maximum Gasteiger partial charge on any atom is 0.343 e. The summed E-state index contributed by atoms with van der Waals surface area (Å²) in [7, 11) is 0. The monoisotopic (exact) mass is 365 g/mol. The predicted octanol–water partition coefficient (Wildman–Crippen LogP) is 5.12. The highest BCUT2D eigenvalue weighted by Gasteiger charge is 2.60. The summed E-state index contributed by atoms with van der Waals surface area (Å²) in [6.45, 7) is 4.87. The SMILES string of the molecule is CC12CC3CC(C)(C1)CC(CC(=O)Nc1cccc4c(=O)occc14)(C3)C2. The first-order valence-electron chi connectivity index (χ1n) is 10.1. The summed E-state index contributed by atoms with van der Waals surface area (Å²) in [5.41, 5.74) is 1.30. The Morgan fingerprint density at radius 1 is 1.07 bits per heavy atom. The molecule has 4 heteroatoms. The van der Waals surface area contributed by atoms with Crippen LogP contribution in [0, 0.1) is 22.2 Å². The van der Waals surface area contributed by atoms with Crippen molar-refractivity contribution in [3.63, 3.8) is 0 Å². The first-order chi connectivity index (χ1) is 12.8. The van der Waals surface area contributed by atoms with Crippen molar-refractivity contribution in [2.75, 3.05) is 5.32 Å². The van der Waals surface area contributed by atoms with E-state index in [0.29, 0.717) is 28.3 Å². The molecule has 4 aliphatic rings. The fourth-order valence-corrected chi connectivity index (χ4v) is 7.68. The molecule has 4 aliphatic carbocycles. The topological polar surface area (TPSA) is 59.3 Å². The molecule has 1 amide bonds. The van der Waals surface area contributed by atoms with Crippen LogP contribution in [-0.4, -0.2) is 5.91 Å². The smallest absolute Gasteiger partial charge is 0.343 e. The van der Waals surface area contributed by atoms with Gasteiger partial charge in [0.15, 0.2) is 0 Å². The van der Waals surface area contributed by atoms with Crippen LogP contribution >= 0.6 is 0 Å². The van der Waals surface area contributed by atoms with Crippen LogP contribution in [-0.2, 0) is 4.79 Å². The lowest BCUT2D eigenvalue weighted by atomic mass is 9.40. The van der Waals surface area contributed by atoms with E-state index in [4.69, 9.17) is 4.42 Å². The van der Waals surface area contributed by atoms with Crippen LogP contribution in [0.5, 0.6) is 0 Å². The van der Waals surface area contributed by atoms with Crippen LogP contribution in [0.4, 0.5) is 5.69 Å². The molecule has 4 nitrogen and oxygen atoms in total. The summed E-state index contributed by atoms with van der Waals surface area (Å²) in [6, 6.07) is 7.14. The first-order valence-corrected chi connectivity index (χ1v) is 10.1. The largest absolute Gasteiger partial charge is 0.431 e. The third-order valence-corrected chi connectivity index (χ3v) is 7.29. The first kappa shape index (κ1) is 17.0. The van der Waals surface area contributed by atoms with Crippen molar-refractivity contribution < 1.29 is 9.21 Å². The molecule has 1 aromatic heterocycles. The third-order valence-electron chi connectivity index (χ3n) is 7.29. The van der Waals surface area contributed by atoms with E-state index < -0.39 is 0 Å². The van der Waals surface area contributed by atoms with Gasteiger partial charge < -0.3 is 9.73 Å². The molecule has 0 aliphatic heterocycles. The van der Waals surface area contributed by atoms with E-state index in [1.54, 1.807) is 18.2 Å². The van der Waals surface area contributed by atoms with Crippen LogP contribution in [0.3, 0.4) is 0 Å². The Balaban J connectivity index is 1.41. The molecule has 2 aromatic rings. The van der Waals surface area contributed by atoms with E-state index in [1.807, 2.05) is 6.07 Å². The molecule has 27 heavy (non-hydrogen) atoms. The second-order valence-electron chi connectivity index (χ2n) is 10.3. The molecule has 0 radical (unpaired) electrons. The summed E-state index contributed by atoms with van der Waals surface area (Å²) in [6.07, 6.45) is 9.53. The number of amides is 1. The molecule has 142 valence electrons. The normalized spacial score (nSPS) is 36.9. The molecule has 1 aromatic carbocycles. The number of fused-ring (bicyclic) bond motifs is 1. The molecule has 0 saturated heterocycles. The van der Waals surface area contributed by atoms with Crippen molar-refractivity contribution >= 4 is 22.4 Å². The van der Waals surface area contributed by atoms with Gasteiger partial charge in [-0.2, -0.15) is 0 Å². The minimum atomic E-state index is -0.370. The minimum absolute atomic E-state index is 0.0740. The van der Waals surface area contributed by atoms with Gasteiger partial charge in [-0.15, -0.1) is 0 Å². The van der Waals surface area contributed by atoms with Gasteiger partial charge >= 0.3 is 5.63 Å². The average molecular weight is 365 g/mol. The summed E-state index contributed by atoms with van der Waals surface area (Å²) in [5, 5.41) is 4.34. The lowest BCUT2D eigenvalue weighted by molar-refractivity contribution is -0.153. The molecular formula is C23H27NO3. The molecule has 4 fully saturated rings. The van der Waals surface area contributed by atoms with Crippen LogP contribution in [0.2, 0.25) is 0 Å². The number of benzene rings is 1. The van der Waals surface area contributed by atoms with E-state index in [0.717, 1.165) is 11.3 Å². The van der Waals surface area contributed by atoms with Crippen molar-refractivity contribution in [1.82, 2.24) is 0 Å². The number of nitrogens with one attached hydrogen (secondary N) is 1. The molecule has 6 rings (SSSR count). The molecule has 2 atom stereocenters. The van der Waals surface area contributed by atoms with E-state index >= 15 is 0 Å². The van der Waals surface area contributed by atoms with Crippen molar-refractivity contribution in [2.24, 2.45) is 22.2 Å². The van der Waals surface area contributed by atoms with Crippen molar-refractivity contribution in [3.05, 3.63) is 40.9 Å². The zero-order valence-electron chi connectivity index (χ0n) is 16.1. The fraction of sp³-hybridized carbons (Fsp3) is 0.565. The van der Waals surface area contributed by atoms with E-state index in [9.17, 15) is 9.59 Å². The third kappa shape index (κ3) is 2.81. The highest BCUT2D eigenvalue weighted by atomic mass is 16.4. The predicted molar refractivity (Wildman–Crippen MR) is 106 cm³/mol. The number of hydrogen-bond donors (Lipinski definition) is 1. The van der Waals surface area contributed by atoms with E-state index in [-0.39, 0.29) is 16.9 Å². The molecule has 1 N–H and O–H groups in total. The Morgan fingerprint density at radius 2 is 1.81 bits per heavy atom. The molecule has 4 saturated carbocycles.